The van der Waals surface area contributed by atoms with Crippen molar-refractivity contribution in [3.05, 3.63) is 29.1 Å². The van der Waals surface area contributed by atoms with Crippen LogP contribution in [0.1, 0.15) is 25.6 Å². The Morgan fingerprint density at radius 2 is 1.67 bits per heavy atom. The van der Waals surface area contributed by atoms with Crippen molar-refractivity contribution < 1.29 is 8.42 Å². The van der Waals surface area contributed by atoms with Crippen LogP contribution in [0.25, 0.3) is 0 Å². The molecule has 0 saturated carbocycles. The molecule has 2 heterocycles. The molecule has 0 unspecified atom stereocenters. The van der Waals surface area contributed by atoms with Gasteiger partial charge in [-0.05, 0) is 52.0 Å². The van der Waals surface area contributed by atoms with Gasteiger partial charge in [0.25, 0.3) is 10.0 Å². The summed E-state index contributed by atoms with van der Waals surface area (Å²) in [6.45, 7) is 7.87. The summed E-state index contributed by atoms with van der Waals surface area (Å²) < 4.78 is 27.0. The van der Waals surface area contributed by atoms with Gasteiger partial charge in [0.05, 0.1) is 0 Å². The SMILES string of the molecule is Cc1ccc(S(=O)(=O)Nc2ccc(NC(C)(C)C)nn2)s1. The number of hydrogen-bond donors (Lipinski definition) is 2. The van der Waals surface area contributed by atoms with Gasteiger partial charge in [-0.3, -0.25) is 4.72 Å². The van der Waals surface area contributed by atoms with Crippen LogP contribution < -0.4 is 10.0 Å². The summed E-state index contributed by atoms with van der Waals surface area (Å²) in [5.41, 5.74) is -0.135. The van der Waals surface area contributed by atoms with E-state index in [2.05, 4.69) is 20.2 Å². The number of nitrogens with one attached hydrogen (secondary N) is 2. The molecule has 0 aliphatic rings. The first-order chi connectivity index (χ1) is 9.66. The predicted molar refractivity (Wildman–Crippen MR) is 85.3 cm³/mol. The molecule has 0 fully saturated rings. The van der Waals surface area contributed by atoms with Crippen molar-refractivity contribution in [3.63, 3.8) is 0 Å². The Kier molecular flexibility index (Phi) is 4.20. The van der Waals surface area contributed by atoms with Crippen LogP contribution in [0.2, 0.25) is 0 Å². The molecule has 0 bridgehead atoms. The third-order valence-electron chi connectivity index (χ3n) is 2.39. The largest absolute Gasteiger partial charge is 0.364 e. The molecule has 2 N–H and O–H groups in total. The number of aryl methyl sites for hydroxylation is 1. The summed E-state index contributed by atoms with van der Waals surface area (Å²) in [5, 5.41) is 11.0. The lowest BCUT2D eigenvalue weighted by Gasteiger charge is -2.20. The first-order valence-electron chi connectivity index (χ1n) is 6.37. The van der Waals surface area contributed by atoms with Gasteiger partial charge in [-0.2, -0.15) is 0 Å². The van der Waals surface area contributed by atoms with Crippen molar-refractivity contribution in [1.82, 2.24) is 10.2 Å². The topological polar surface area (TPSA) is 84.0 Å². The van der Waals surface area contributed by atoms with E-state index in [4.69, 9.17) is 0 Å². The summed E-state index contributed by atoms with van der Waals surface area (Å²) in [6, 6.07) is 6.61. The van der Waals surface area contributed by atoms with Crippen LogP contribution in [0.15, 0.2) is 28.5 Å². The number of nitrogens with zero attached hydrogens (tertiary/aromatic N) is 2. The van der Waals surface area contributed by atoms with E-state index in [9.17, 15) is 8.42 Å². The third-order valence-corrected chi connectivity index (χ3v) is 5.23. The number of aromatic nitrogens is 2. The molecule has 0 aliphatic carbocycles. The van der Waals surface area contributed by atoms with E-state index in [-0.39, 0.29) is 15.6 Å². The van der Waals surface area contributed by atoms with E-state index in [1.807, 2.05) is 27.7 Å². The molecule has 2 aromatic rings. The Labute approximate surface area is 128 Å². The summed E-state index contributed by atoms with van der Waals surface area (Å²) in [7, 11) is -3.59. The minimum atomic E-state index is -3.59. The van der Waals surface area contributed by atoms with Gasteiger partial charge in [0.1, 0.15) is 10.0 Å². The molecule has 2 aromatic heterocycles. The average molecular weight is 326 g/mol. The van der Waals surface area contributed by atoms with Crippen LogP contribution in [-0.4, -0.2) is 24.2 Å². The van der Waals surface area contributed by atoms with Crippen molar-refractivity contribution in [2.45, 2.75) is 37.4 Å². The van der Waals surface area contributed by atoms with Crippen molar-refractivity contribution in [1.29, 1.82) is 0 Å². The molecule has 0 atom stereocenters. The number of anilines is 2. The van der Waals surface area contributed by atoms with Crippen LogP contribution in [0.4, 0.5) is 11.6 Å². The van der Waals surface area contributed by atoms with Crippen LogP contribution >= 0.6 is 11.3 Å². The zero-order valence-electron chi connectivity index (χ0n) is 12.3. The number of rotatable bonds is 4. The van der Waals surface area contributed by atoms with Gasteiger partial charge in [-0.25, -0.2) is 8.42 Å². The molecule has 0 aliphatic heterocycles. The van der Waals surface area contributed by atoms with Gasteiger partial charge in [-0.15, -0.1) is 21.5 Å². The molecule has 21 heavy (non-hydrogen) atoms. The molecule has 0 radical (unpaired) electrons. The summed E-state index contributed by atoms with van der Waals surface area (Å²) in [4.78, 5) is 0.936. The second kappa shape index (κ2) is 5.61. The van der Waals surface area contributed by atoms with Crippen LogP contribution in [-0.2, 0) is 10.0 Å². The van der Waals surface area contributed by atoms with E-state index in [1.54, 1.807) is 24.3 Å². The summed E-state index contributed by atoms with van der Waals surface area (Å²) >= 11 is 1.21. The van der Waals surface area contributed by atoms with Crippen molar-refractivity contribution >= 4 is 33.0 Å². The summed E-state index contributed by atoms with van der Waals surface area (Å²) in [6.07, 6.45) is 0. The van der Waals surface area contributed by atoms with Crippen LogP contribution in [0, 0.1) is 6.92 Å². The van der Waals surface area contributed by atoms with E-state index >= 15 is 0 Å². The highest BCUT2D eigenvalue weighted by atomic mass is 32.2. The van der Waals surface area contributed by atoms with Gasteiger partial charge < -0.3 is 5.32 Å². The maximum Gasteiger partial charge on any atom is 0.272 e. The van der Waals surface area contributed by atoms with Gasteiger partial charge in [-0.1, -0.05) is 0 Å². The Balaban J connectivity index is 2.13. The van der Waals surface area contributed by atoms with Crippen LogP contribution in [0.5, 0.6) is 0 Å². The maximum absolute atomic E-state index is 12.1. The second-order valence-electron chi connectivity index (χ2n) is 5.65. The first-order valence-corrected chi connectivity index (χ1v) is 8.67. The highest BCUT2D eigenvalue weighted by Crippen LogP contribution is 2.23. The minimum absolute atomic E-state index is 0.135. The first kappa shape index (κ1) is 15.7. The lowest BCUT2D eigenvalue weighted by Crippen LogP contribution is -2.26. The Hall–Kier alpha value is -1.67. The normalized spacial score (nSPS) is 12.2. The Morgan fingerprint density at radius 3 is 2.14 bits per heavy atom. The molecular formula is C13H18N4O2S2. The van der Waals surface area contributed by atoms with E-state index in [0.717, 1.165) is 4.88 Å². The van der Waals surface area contributed by atoms with Gasteiger partial charge in [0, 0.05) is 10.4 Å². The predicted octanol–water partition coefficient (Wildman–Crippen LogP) is 2.86. The highest BCUT2D eigenvalue weighted by Gasteiger charge is 2.17. The van der Waals surface area contributed by atoms with E-state index < -0.39 is 10.0 Å². The highest BCUT2D eigenvalue weighted by molar-refractivity contribution is 7.94. The van der Waals surface area contributed by atoms with E-state index in [0.29, 0.717) is 5.82 Å². The second-order valence-corrected chi connectivity index (χ2v) is 8.85. The smallest absolute Gasteiger partial charge is 0.272 e. The lowest BCUT2D eigenvalue weighted by atomic mass is 10.1. The molecule has 8 heteroatoms. The zero-order chi connectivity index (χ0) is 15.7. The molecule has 2 rings (SSSR count). The number of thiophene rings is 1. The van der Waals surface area contributed by atoms with Crippen molar-refractivity contribution in [3.8, 4) is 0 Å². The summed E-state index contributed by atoms with van der Waals surface area (Å²) in [5.74, 6) is 0.790. The molecular weight excluding hydrogens is 308 g/mol. The molecule has 114 valence electrons. The maximum atomic E-state index is 12.1. The molecule has 0 amide bonds. The Morgan fingerprint density at radius 1 is 1.05 bits per heavy atom. The molecule has 6 nitrogen and oxygen atoms in total. The standard InChI is InChI=1S/C13H18N4O2S2/c1-9-5-8-12(20-9)21(18,19)17-11-7-6-10(15-16-11)14-13(2,3)4/h5-8H,1-4H3,(H,14,15)(H,16,17). The van der Waals surface area contributed by atoms with Crippen molar-refractivity contribution in [2.75, 3.05) is 10.0 Å². The van der Waals surface area contributed by atoms with Gasteiger partial charge >= 0.3 is 0 Å². The molecule has 0 aromatic carbocycles. The Bertz CT molecular complexity index is 715. The third kappa shape index (κ3) is 4.40. The van der Waals surface area contributed by atoms with Gasteiger partial charge in [0.2, 0.25) is 0 Å². The van der Waals surface area contributed by atoms with E-state index in [1.165, 1.54) is 11.3 Å². The molecule has 0 saturated heterocycles. The lowest BCUT2D eigenvalue weighted by molar-refractivity contribution is 0.602. The number of sulfonamides is 1. The van der Waals surface area contributed by atoms with Crippen molar-refractivity contribution in [2.24, 2.45) is 0 Å². The fourth-order valence-electron chi connectivity index (χ4n) is 1.58. The van der Waals surface area contributed by atoms with Gasteiger partial charge in [0.15, 0.2) is 5.82 Å². The molecule has 0 spiro atoms. The fourth-order valence-corrected chi connectivity index (χ4v) is 3.86. The fraction of sp³-hybridized carbons (Fsp3) is 0.385. The number of hydrogen-bond acceptors (Lipinski definition) is 6. The zero-order valence-corrected chi connectivity index (χ0v) is 14.0. The monoisotopic (exact) mass is 326 g/mol. The quantitative estimate of drug-likeness (QED) is 0.902. The van der Waals surface area contributed by atoms with Crippen LogP contribution in [0.3, 0.4) is 0 Å². The minimum Gasteiger partial charge on any atom is -0.364 e. The average Bonchev–Trinajstić information content (AvgIpc) is 2.77.